The van der Waals surface area contributed by atoms with Crippen molar-refractivity contribution < 1.29 is 14.3 Å². The molecule has 2 aliphatic heterocycles. The normalized spacial score (nSPS) is 16.7. The van der Waals surface area contributed by atoms with E-state index in [4.69, 9.17) is 21.1 Å². The molecule has 2 aromatic heterocycles. The SMILES string of the molecule is COc1ccc(NC(=O)N2Cc3c(sc4c3CCN(C)C4)-n3cccc3C2c2ccc(Cl)cc2)cc1OC. The van der Waals surface area contributed by atoms with Gasteiger partial charge in [-0.05, 0) is 61.0 Å². The molecule has 196 valence electrons. The van der Waals surface area contributed by atoms with Crippen molar-refractivity contribution >= 4 is 34.7 Å². The van der Waals surface area contributed by atoms with Crippen molar-refractivity contribution in [3.63, 3.8) is 0 Å². The van der Waals surface area contributed by atoms with Gasteiger partial charge in [-0.2, -0.15) is 0 Å². The summed E-state index contributed by atoms with van der Waals surface area (Å²) in [5.74, 6) is 1.17. The molecule has 1 N–H and O–H groups in total. The fourth-order valence-electron chi connectivity index (χ4n) is 5.46. The lowest BCUT2D eigenvalue weighted by molar-refractivity contribution is 0.194. The summed E-state index contributed by atoms with van der Waals surface area (Å²) in [7, 11) is 5.34. The van der Waals surface area contributed by atoms with Crippen LogP contribution in [0.1, 0.15) is 33.3 Å². The standard InChI is InChI=1S/C29H29ClN4O3S/c1-32-14-12-21-22-16-34(29(35)31-20-10-11-24(36-2)25(15-20)37-3)27(18-6-8-19(30)9-7-18)23-5-4-13-33(23)28(22)38-26(21)17-32/h4-11,13,15,27H,12,14,16-17H2,1-3H3,(H,31,35). The van der Waals surface area contributed by atoms with Crippen LogP contribution in [-0.4, -0.2) is 48.2 Å². The maximum absolute atomic E-state index is 14.1. The molecule has 0 fully saturated rings. The molecule has 2 amide bonds. The number of amides is 2. The highest BCUT2D eigenvalue weighted by Crippen LogP contribution is 2.44. The molecule has 0 radical (unpaired) electrons. The highest BCUT2D eigenvalue weighted by atomic mass is 35.5. The largest absolute Gasteiger partial charge is 0.493 e. The third-order valence-electron chi connectivity index (χ3n) is 7.34. The molecule has 9 heteroatoms. The number of hydrogen-bond acceptors (Lipinski definition) is 5. The van der Waals surface area contributed by atoms with E-state index in [0.717, 1.165) is 30.8 Å². The molecule has 0 bridgehead atoms. The van der Waals surface area contributed by atoms with Gasteiger partial charge in [-0.1, -0.05) is 23.7 Å². The summed E-state index contributed by atoms with van der Waals surface area (Å²) < 4.78 is 13.1. The molecule has 2 aliphatic rings. The number of rotatable bonds is 4. The van der Waals surface area contributed by atoms with Gasteiger partial charge >= 0.3 is 6.03 Å². The van der Waals surface area contributed by atoms with Crippen LogP contribution in [0.15, 0.2) is 60.8 Å². The number of carbonyl (C=O) groups is 1. The van der Waals surface area contributed by atoms with Gasteiger partial charge in [0.25, 0.3) is 0 Å². The van der Waals surface area contributed by atoms with E-state index in [1.54, 1.807) is 26.4 Å². The summed E-state index contributed by atoms with van der Waals surface area (Å²) in [6.45, 7) is 2.44. The summed E-state index contributed by atoms with van der Waals surface area (Å²) in [5, 5.41) is 4.98. The molecule has 1 unspecified atom stereocenters. The minimum atomic E-state index is -0.302. The second kappa shape index (κ2) is 10.0. The fourth-order valence-corrected chi connectivity index (χ4v) is 7.03. The third-order valence-corrected chi connectivity index (χ3v) is 8.85. The monoisotopic (exact) mass is 548 g/mol. The van der Waals surface area contributed by atoms with Gasteiger partial charge < -0.3 is 29.2 Å². The molecule has 6 rings (SSSR count). The third kappa shape index (κ3) is 4.32. The van der Waals surface area contributed by atoms with E-state index in [-0.39, 0.29) is 12.1 Å². The number of hydrogen-bond donors (Lipinski definition) is 1. The molecule has 4 aromatic rings. The predicted octanol–water partition coefficient (Wildman–Crippen LogP) is 6.33. The van der Waals surface area contributed by atoms with Gasteiger partial charge in [-0.25, -0.2) is 4.79 Å². The van der Waals surface area contributed by atoms with Crippen LogP contribution in [0, 0.1) is 0 Å². The van der Waals surface area contributed by atoms with Crippen molar-refractivity contribution in [1.29, 1.82) is 0 Å². The number of fused-ring (bicyclic) bond motifs is 5. The van der Waals surface area contributed by atoms with E-state index in [1.807, 2.05) is 46.6 Å². The number of benzene rings is 2. The Hall–Kier alpha value is -3.46. The second-order valence-electron chi connectivity index (χ2n) is 9.66. The molecule has 0 saturated carbocycles. The van der Waals surface area contributed by atoms with Gasteiger partial charge in [0.05, 0.1) is 32.5 Å². The Morgan fingerprint density at radius 1 is 1.03 bits per heavy atom. The smallest absolute Gasteiger partial charge is 0.322 e. The van der Waals surface area contributed by atoms with Gasteiger partial charge in [-0.15, -0.1) is 11.3 Å². The van der Waals surface area contributed by atoms with E-state index < -0.39 is 0 Å². The lowest BCUT2D eigenvalue weighted by atomic mass is 10.0. The average Bonchev–Trinajstić information content (AvgIpc) is 3.50. The summed E-state index contributed by atoms with van der Waals surface area (Å²) >= 11 is 8.09. The number of urea groups is 1. The zero-order chi connectivity index (χ0) is 26.4. The Kier molecular flexibility index (Phi) is 6.55. The van der Waals surface area contributed by atoms with E-state index in [9.17, 15) is 4.79 Å². The summed E-state index contributed by atoms with van der Waals surface area (Å²) in [6.07, 6.45) is 3.09. The van der Waals surface area contributed by atoms with Crippen LogP contribution in [0.25, 0.3) is 5.00 Å². The molecule has 38 heavy (non-hydrogen) atoms. The maximum Gasteiger partial charge on any atom is 0.322 e. The summed E-state index contributed by atoms with van der Waals surface area (Å²) in [6, 6.07) is 16.8. The number of halogens is 1. The van der Waals surface area contributed by atoms with Crippen LogP contribution in [-0.2, 0) is 19.5 Å². The second-order valence-corrected chi connectivity index (χ2v) is 11.2. The molecule has 0 spiro atoms. The van der Waals surface area contributed by atoms with Crippen molar-refractivity contribution in [2.24, 2.45) is 0 Å². The first kappa shape index (κ1) is 24.9. The van der Waals surface area contributed by atoms with Gasteiger partial charge in [0.15, 0.2) is 11.5 Å². The van der Waals surface area contributed by atoms with Crippen molar-refractivity contribution in [3.05, 3.63) is 93.1 Å². The van der Waals surface area contributed by atoms with E-state index in [1.165, 1.54) is 21.0 Å². The maximum atomic E-state index is 14.1. The van der Waals surface area contributed by atoms with Crippen molar-refractivity contribution in [2.45, 2.75) is 25.6 Å². The van der Waals surface area contributed by atoms with Gasteiger partial charge in [0, 0.05) is 46.5 Å². The molecule has 0 saturated heterocycles. The van der Waals surface area contributed by atoms with Crippen molar-refractivity contribution in [1.82, 2.24) is 14.4 Å². The number of likely N-dealkylation sites (N-methyl/N-ethyl adjacent to an activating group) is 1. The Balaban J connectivity index is 1.46. The van der Waals surface area contributed by atoms with Crippen LogP contribution in [0.2, 0.25) is 5.02 Å². The van der Waals surface area contributed by atoms with Crippen LogP contribution < -0.4 is 14.8 Å². The average molecular weight is 549 g/mol. The number of methoxy groups -OCH3 is 2. The molecule has 2 aromatic carbocycles. The lowest BCUT2D eigenvalue weighted by Gasteiger charge is -2.32. The summed E-state index contributed by atoms with van der Waals surface area (Å²) in [4.78, 5) is 19.8. The van der Waals surface area contributed by atoms with Crippen LogP contribution >= 0.6 is 22.9 Å². The first-order valence-corrected chi connectivity index (χ1v) is 13.7. The first-order chi connectivity index (χ1) is 18.5. The molecular formula is C29H29ClN4O3S. The minimum Gasteiger partial charge on any atom is -0.493 e. The number of anilines is 1. The number of nitrogens with one attached hydrogen (secondary N) is 1. The van der Waals surface area contributed by atoms with E-state index in [0.29, 0.717) is 28.8 Å². The molecule has 7 nitrogen and oxygen atoms in total. The van der Waals surface area contributed by atoms with Crippen LogP contribution in [0.5, 0.6) is 11.5 Å². The summed E-state index contributed by atoms with van der Waals surface area (Å²) in [5.41, 5.74) is 5.29. The van der Waals surface area contributed by atoms with E-state index >= 15 is 0 Å². The highest BCUT2D eigenvalue weighted by molar-refractivity contribution is 7.15. The number of ether oxygens (including phenoxy) is 2. The lowest BCUT2D eigenvalue weighted by Crippen LogP contribution is -2.38. The number of carbonyl (C=O) groups excluding carboxylic acids is 1. The van der Waals surface area contributed by atoms with Crippen LogP contribution in [0.3, 0.4) is 0 Å². The number of thiophene rings is 1. The molecular weight excluding hydrogens is 520 g/mol. The molecule has 4 heterocycles. The van der Waals surface area contributed by atoms with Crippen molar-refractivity contribution in [2.75, 3.05) is 33.1 Å². The molecule has 0 aliphatic carbocycles. The Morgan fingerprint density at radius 3 is 2.58 bits per heavy atom. The van der Waals surface area contributed by atoms with Crippen LogP contribution in [0.4, 0.5) is 10.5 Å². The topological polar surface area (TPSA) is 59.0 Å². The number of aromatic nitrogens is 1. The van der Waals surface area contributed by atoms with Gasteiger partial charge in [0.1, 0.15) is 5.00 Å². The Bertz CT molecular complexity index is 1500. The Morgan fingerprint density at radius 2 is 1.82 bits per heavy atom. The highest BCUT2D eigenvalue weighted by Gasteiger charge is 2.36. The zero-order valence-corrected chi connectivity index (χ0v) is 23.1. The zero-order valence-electron chi connectivity index (χ0n) is 21.5. The predicted molar refractivity (Wildman–Crippen MR) is 151 cm³/mol. The first-order valence-electron chi connectivity index (χ1n) is 12.5. The molecule has 1 atom stereocenters. The quantitative estimate of drug-likeness (QED) is 0.323. The Labute approximate surface area is 231 Å². The van der Waals surface area contributed by atoms with Crippen molar-refractivity contribution in [3.8, 4) is 16.5 Å². The number of nitrogens with zero attached hydrogens (tertiary/aromatic N) is 3. The van der Waals surface area contributed by atoms with Gasteiger partial charge in [-0.3, -0.25) is 0 Å². The minimum absolute atomic E-state index is 0.189. The van der Waals surface area contributed by atoms with Gasteiger partial charge in [0.2, 0.25) is 0 Å². The fraction of sp³-hybridized carbons (Fsp3) is 0.276. The van der Waals surface area contributed by atoms with E-state index in [2.05, 4.69) is 40.2 Å².